The van der Waals surface area contributed by atoms with Crippen LogP contribution in [0.15, 0.2) is 24.5 Å². The number of anilines is 1. The van der Waals surface area contributed by atoms with Gasteiger partial charge in [0.1, 0.15) is 0 Å². The maximum atomic E-state index is 12.0. The first-order chi connectivity index (χ1) is 8.86. The fourth-order valence-corrected chi connectivity index (χ4v) is 0.858. The highest BCUT2D eigenvalue weighted by Crippen LogP contribution is 2.20. The Hall–Kier alpha value is -1.49. The Kier molecular flexibility index (Phi) is 6.29. The lowest BCUT2D eigenvalue weighted by molar-refractivity contribution is -0.773. The maximum absolute atomic E-state index is 12.0. The van der Waals surface area contributed by atoms with Gasteiger partial charge in [0.05, 0.1) is 0 Å². The van der Waals surface area contributed by atoms with E-state index < -0.39 is 22.2 Å². The molecule has 0 atom stereocenters. The normalized spacial score (nSPS) is 11.8. The summed E-state index contributed by atoms with van der Waals surface area (Å²) < 4.78 is 83.9. The third-order valence-corrected chi connectivity index (χ3v) is 2.43. The van der Waals surface area contributed by atoms with Crippen LogP contribution >= 0.6 is 0 Å². The zero-order chi connectivity index (χ0) is 16.1. The molecule has 0 aliphatic carbocycles. The molecule has 11 heteroatoms. The summed E-state index contributed by atoms with van der Waals surface area (Å²) in [5.74, 6) is 0. The summed E-state index contributed by atoms with van der Waals surface area (Å²) in [6, 6.07) is 3.29. The second-order valence-electron chi connectivity index (χ2n) is 3.58. The molecule has 0 aliphatic rings. The number of aromatic nitrogens is 1. The molecule has 20 heavy (non-hydrogen) atoms. The number of hydrogen-bond donors (Lipinski definition) is 0. The van der Waals surface area contributed by atoms with E-state index in [0.29, 0.717) is 0 Å². The molecule has 0 aliphatic heterocycles. The van der Waals surface area contributed by atoms with E-state index in [0.717, 1.165) is 10.3 Å². The van der Waals surface area contributed by atoms with Crippen molar-refractivity contribution in [2.75, 3.05) is 19.0 Å². The molecule has 1 rings (SSSR count). The van der Waals surface area contributed by atoms with Crippen LogP contribution in [-0.4, -0.2) is 32.6 Å². The standard InChI is InChI=1S/C8H11F2N2.CHF3O3S/c1-11(2)7-3-5-12(6-4-7)8(9)10;2-1(3,4)8(5,6)7/h3-6,8H,1-2H3;(H,5,6,7)/q+1;/p-1. The first kappa shape index (κ1) is 18.5. The molecule has 0 spiro atoms. The van der Waals surface area contributed by atoms with Crippen LogP contribution in [0.1, 0.15) is 6.55 Å². The maximum Gasteiger partial charge on any atom is 0.485 e. The van der Waals surface area contributed by atoms with Gasteiger partial charge < -0.3 is 9.45 Å². The first-order valence-electron chi connectivity index (χ1n) is 4.84. The van der Waals surface area contributed by atoms with Gasteiger partial charge in [-0.1, -0.05) is 0 Å². The fourth-order valence-electron chi connectivity index (χ4n) is 0.858. The molecule has 0 bridgehead atoms. The summed E-state index contributed by atoms with van der Waals surface area (Å²) in [7, 11) is -2.36. The minimum absolute atomic E-state index is 0.854. The highest BCUT2D eigenvalue weighted by atomic mass is 32.2. The summed E-state index contributed by atoms with van der Waals surface area (Å²) in [6.07, 6.45) is 2.72. The second-order valence-corrected chi connectivity index (χ2v) is 4.95. The van der Waals surface area contributed by atoms with E-state index in [4.69, 9.17) is 13.0 Å². The largest absolute Gasteiger partial charge is 0.741 e. The van der Waals surface area contributed by atoms with Crippen molar-refractivity contribution >= 4 is 15.8 Å². The van der Waals surface area contributed by atoms with Crippen LogP contribution in [0.5, 0.6) is 0 Å². The second kappa shape index (κ2) is 6.79. The lowest BCUT2D eigenvalue weighted by Gasteiger charge is -2.09. The van der Waals surface area contributed by atoms with Gasteiger partial charge in [0.2, 0.25) is 0 Å². The third kappa shape index (κ3) is 6.10. The van der Waals surface area contributed by atoms with Crippen molar-refractivity contribution in [2.45, 2.75) is 12.1 Å². The molecule has 1 aromatic heterocycles. The highest BCUT2D eigenvalue weighted by Gasteiger charge is 2.36. The topological polar surface area (TPSA) is 64.3 Å². The van der Waals surface area contributed by atoms with E-state index in [2.05, 4.69) is 0 Å². The Morgan fingerprint density at radius 2 is 1.55 bits per heavy atom. The van der Waals surface area contributed by atoms with Gasteiger partial charge in [-0.3, -0.25) is 0 Å². The summed E-state index contributed by atoms with van der Waals surface area (Å²) in [4.78, 5) is 1.86. The third-order valence-electron chi connectivity index (χ3n) is 1.86. The summed E-state index contributed by atoms with van der Waals surface area (Å²) in [6.45, 7) is -2.46. The predicted octanol–water partition coefficient (Wildman–Crippen LogP) is 1.49. The Morgan fingerprint density at radius 3 is 1.75 bits per heavy atom. The van der Waals surface area contributed by atoms with Crippen molar-refractivity contribution in [1.29, 1.82) is 0 Å². The predicted molar refractivity (Wildman–Crippen MR) is 58.0 cm³/mol. The lowest BCUT2D eigenvalue weighted by atomic mass is 10.4. The van der Waals surface area contributed by atoms with Crippen LogP contribution < -0.4 is 9.47 Å². The Labute approximate surface area is 112 Å². The van der Waals surface area contributed by atoms with Gasteiger partial charge in [-0.2, -0.15) is 13.2 Å². The van der Waals surface area contributed by atoms with Gasteiger partial charge in [0.15, 0.2) is 22.5 Å². The van der Waals surface area contributed by atoms with Crippen LogP contribution in [0.4, 0.5) is 27.6 Å². The molecule has 0 N–H and O–H groups in total. The molecule has 1 heterocycles. The van der Waals surface area contributed by atoms with E-state index >= 15 is 0 Å². The summed E-state index contributed by atoms with van der Waals surface area (Å²) in [5, 5.41) is 0. The molecule has 0 fully saturated rings. The molecule has 5 nitrogen and oxygen atoms in total. The molecule has 116 valence electrons. The van der Waals surface area contributed by atoms with Crippen molar-refractivity contribution in [1.82, 2.24) is 0 Å². The van der Waals surface area contributed by atoms with Crippen LogP contribution in [0.2, 0.25) is 0 Å². The SMILES string of the molecule is CN(C)c1cc[n+](C(F)F)cc1.O=S(=O)([O-])C(F)(F)F. The number of hydrogen-bond acceptors (Lipinski definition) is 4. The molecule has 0 unspecified atom stereocenters. The van der Waals surface area contributed by atoms with Crippen molar-refractivity contribution in [2.24, 2.45) is 0 Å². The van der Waals surface area contributed by atoms with Gasteiger partial charge in [0, 0.05) is 31.9 Å². The summed E-state index contributed by atoms with van der Waals surface area (Å²) >= 11 is 0. The van der Waals surface area contributed by atoms with Crippen LogP contribution in [0.3, 0.4) is 0 Å². The lowest BCUT2D eigenvalue weighted by Crippen LogP contribution is -2.33. The minimum Gasteiger partial charge on any atom is -0.741 e. The first-order valence-corrected chi connectivity index (χ1v) is 6.25. The van der Waals surface area contributed by atoms with E-state index in [9.17, 15) is 22.0 Å². The van der Waals surface area contributed by atoms with E-state index in [1.165, 1.54) is 12.4 Å². The average molecular weight is 322 g/mol. The van der Waals surface area contributed by atoms with E-state index in [1.54, 1.807) is 12.1 Å². The highest BCUT2D eigenvalue weighted by molar-refractivity contribution is 7.86. The molecular weight excluding hydrogens is 311 g/mol. The Morgan fingerprint density at radius 1 is 1.20 bits per heavy atom. The van der Waals surface area contributed by atoms with E-state index in [1.807, 2.05) is 19.0 Å². The van der Waals surface area contributed by atoms with Gasteiger partial charge >= 0.3 is 12.1 Å². The van der Waals surface area contributed by atoms with E-state index in [-0.39, 0.29) is 0 Å². The van der Waals surface area contributed by atoms with Gasteiger partial charge in [-0.15, -0.1) is 13.3 Å². The smallest absolute Gasteiger partial charge is 0.485 e. The molecule has 0 saturated heterocycles. The molecule has 0 saturated carbocycles. The monoisotopic (exact) mass is 322 g/mol. The molecule has 0 aromatic carbocycles. The van der Waals surface area contributed by atoms with Crippen LogP contribution in [-0.2, 0) is 10.1 Å². The molecule has 0 amide bonds. The van der Waals surface area contributed by atoms with Gasteiger partial charge in [0.25, 0.3) is 0 Å². The van der Waals surface area contributed by atoms with Crippen molar-refractivity contribution in [3.8, 4) is 0 Å². The van der Waals surface area contributed by atoms with Crippen molar-refractivity contribution in [3.63, 3.8) is 0 Å². The zero-order valence-corrected chi connectivity index (χ0v) is 11.1. The van der Waals surface area contributed by atoms with Crippen LogP contribution in [0, 0.1) is 0 Å². The van der Waals surface area contributed by atoms with Crippen molar-refractivity contribution in [3.05, 3.63) is 24.5 Å². The number of rotatable bonds is 2. The quantitative estimate of drug-likeness (QED) is 0.358. The Balaban J connectivity index is 0.000000396. The average Bonchev–Trinajstić information content (AvgIpc) is 2.27. The molecular formula is C9H11F5N2O3S. The number of nitrogens with zero attached hydrogens (tertiary/aromatic N) is 2. The Bertz CT molecular complexity index is 486. The van der Waals surface area contributed by atoms with Gasteiger partial charge in [-0.25, -0.2) is 8.42 Å². The zero-order valence-electron chi connectivity index (χ0n) is 10.3. The van der Waals surface area contributed by atoms with Gasteiger partial charge in [-0.05, 0) is 0 Å². The fraction of sp³-hybridized carbons (Fsp3) is 0.444. The van der Waals surface area contributed by atoms with Crippen LogP contribution in [0.25, 0.3) is 0 Å². The summed E-state index contributed by atoms with van der Waals surface area (Å²) in [5.41, 5.74) is -4.74. The minimum atomic E-state index is -6.09. The molecule has 1 aromatic rings. The number of alkyl halides is 5. The van der Waals surface area contributed by atoms with Crippen molar-refractivity contribution < 1.29 is 39.5 Å². The number of pyridine rings is 1. The number of halogens is 5. The molecule has 0 radical (unpaired) electrons.